The van der Waals surface area contributed by atoms with Gasteiger partial charge in [-0.1, -0.05) is 0 Å². The van der Waals surface area contributed by atoms with Crippen molar-refractivity contribution < 1.29 is 22.7 Å². The lowest BCUT2D eigenvalue weighted by Crippen LogP contribution is -2.01. The minimum Gasteiger partial charge on any atom is -0.464 e. The standard InChI is InChI=1S/C11H6F3NO2S/c1-17-11(16)8-4-18-10(15-8)5-2-6(12)9(14)7(13)3-5/h2-4H,1H3. The largest absolute Gasteiger partial charge is 0.464 e. The zero-order chi connectivity index (χ0) is 13.3. The Balaban J connectivity index is 2.43. The van der Waals surface area contributed by atoms with Crippen LogP contribution < -0.4 is 0 Å². The van der Waals surface area contributed by atoms with Gasteiger partial charge in [0, 0.05) is 10.9 Å². The normalized spacial score (nSPS) is 10.4. The lowest BCUT2D eigenvalue weighted by Gasteiger charge is -1.99. The van der Waals surface area contributed by atoms with Crippen molar-refractivity contribution in [2.24, 2.45) is 0 Å². The van der Waals surface area contributed by atoms with E-state index in [1.54, 1.807) is 0 Å². The van der Waals surface area contributed by atoms with E-state index in [9.17, 15) is 18.0 Å². The van der Waals surface area contributed by atoms with Crippen LogP contribution in [-0.4, -0.2) is 18.1 Å². The summed E-state index contributed by atoms with van der Waals surface area (Å²) in [7, 11) is 1.19. The molecule has 0 radical (unpaired) electrons. The number of methoxy groups -OCH3 is 1. The molecule has 94 valence electrons. The van der Waals surface area contributed by atoms with E-state index in [4.69, 9.17) is 0 Å². The molecule has 0 saturated heterocycles. The molecule has 0 aliphatic rings. The maximum atomic E-state index is 13.0. The van der Waals surface area contributed by atoms with Gasteiger partial charge in [-0.05, 0) is 12.1 Å². The third kappa shape index (κ3) is 2.21. The molecule has 0 atom stereocenters. The first kappa shape index (κ1) is 12.6. The van der Waals surface area contributed by atoms with Crippen LogP contribution in [-0.2, 0) is 4.74 Å². The number of hydrogen-bond acceptors (Lipinski definition) is 4. The average Bonchev–Trinajstić information content (AvgIpc) is 2.84. The highest BCUT2D eigenvalue weighted by Gasteiger charge is 2.16. The van der Waals surface area contributed by atoms with Gasteiger partial charge in [0.05, 0.1) is 7.11 Å². The van der Waals surface area contributed by atoms with Gasteiger partial charge in [-0.3, -0.25) is 0 Å². The summed E-state index contributed by atoms with van der Waals surface area (Å²) in [6.07, 6.45) is 0. The summed E-state index contributed by atoms with van der Waals surface area (Å²) in [5.74, 6) is -4.80. The van der Waals surface area contributed by atoms with Crippen molar-refractivity contribution in [1.29, 1.82) is 0 Å². The molecule has 1 aromatic carbocycles. The van der Waals surface area contributed by atoms with Gasteiger partial charge in [0.15, 0.2) is 23.1 Å². The second-order valence-electron chi connectivity index (χ2n) is 3.28. The molecule has 0 bridgehead atoms. The molecule has 3 nitrogen and oxygen atoms in total. The predicted molar refractivity (Wildman–Crippen MR) is 58.8 cm³/mol. The van der Waals surface area contributed by atoms with Crippen LogP contribution in [0.15, 0.2) is 17.5 Å². The lowest BCUT2D eigenvalue weighted by atomic mass is 10.2. The highest BCUT2D eigenvalue weighted by Crippen LogP contribution is 2.26. The number of nitrogens with zero attached hydrogens (tertiary/aromatic N) is 1. The minimum absolute atomic E-state index is 0.0302. The molecule has 0 aliphatic carbocycles. The molecule has 0 fully saturated rings. The van der Waals surface area contributed by atoms with E-state index in [-0.39, 0.29) is 16.3 Å². The Kier molecular flexibility index (Phi) is 3.33. The van der Waals surface area contributed by atoms with E-state index in [0.717, 1.165) is 23.5 Å². The molecule has 1 heterocycles. The topological polar surface area (TPSA) is 39.2 Å². The van der Waals surface area contributed by atoms with E-state index >= 15 is 0 Å². The zero-order valence-electron chi connectivity index (χ0n) is 9.04. The molecule has 0 N–H and O–H groups in total. The minimum atomic E-state index is -1.54. The number of carbonyl (C=O) groups is 1. The third-order valence-electron chi connectivity index (χ3n) is 2.13. The van der Waals surface area contributed by atoms with Crippen molar-refractivity contribution in [2.75, 3.05) is 7.11 Å². The predicted octanol–water partition coefficient (Wildman–Crippen LogP) is 3.01. The Morgan fingerprint density at radius 1 is 1.28 bits per heavy atom. The molecule has 2 rings (SSSR count). The van der Waals surface area contributed by atoms with Crippen LogP contribution in [0.2, 0.25) is 0 Å². The maximum Gasteiger partial charge on any atom is 0.357 e. The van der Waals surface area contributed by atoms with Crippen molar-refractivity contribution >= 4 is 17.3 Å². The smallest absolute Gasteiger partial charge is 0.357 e. The van der Waals surface area contributed by atoms with Crippen molar-refractivity contribution in [2.45, 2.75) is 0 Å². The first-order chi connectivity index (χ1) is 8.52. The summed E-state index contributed by atoms with van der Waals surface area (Å²) in [4.78, 5) is 15.0. The van der Waals surface area contributed by atoms with Gasteiger partial charge in [-0.25, -0.2) is 22.9 Å². The van der Waals surface area contributed by atoms with Crippen LogP contribution in [0.5, 0.6) is 0 Å². The second kappa shape index (κ2) is 4.77. The number of aromatic nitrogens is 1. The Morgan fingerprint density at radius 3 is 2.44 bits per heavy atom. The number of thiazole rings is 1. The fourth-order valence-corrected chi connectivity index (χ4v) is 2.06. The van der Waals surface area contributed by atoms with Crippen molar-refractivity contribution in [3.8, 4) is 10.6 Å². The van der Waals surface area contributed by atoms with Gasteiger partial charge in [0.25, 0.3) is 0 Å². The highest BCUT2D eigenvalue weighted by atomic mass is 32.1. The van der Waals surface area contributed by atoms with E-state index in [2.05, 4.69) is 9.72 Å². The number of hydrogen-bond donors (Lipinski definition) is 0. The van der Waals surface area contributed by atoms with Gasteiger partial charge in [0.1, 0.15) is 5.01 Å². The molecule has 1 aromatic heterocycles. The fourth-order valence-electron chi connectivity index (χ4n) is 1.28. The third-order valence-corrected chi connectivity index (χ3v) is 3.02. The summed E-state index contributed by atoms with van der Waals surface area (Å²) < 4.78 is 43.3. The van der Waals surface area contributed by atoms with E-state index in [0.29, 0.717) is 0 Å². The van der Waals surface area contributed by atoms with Gasteiger partial charge >= 0.3 is 5.97 Å². The number of esters is 1. The molecule has 0 unspecified atom stereocenters. The molecule has 18 heavy (non-hydrogen) atoms. The van der Waals surface area contributed by atoms with Crippen LogP contribution in [0, 0.1) is 17.5 Å². The van der Waals surface area contributed by atoms with Crippen LogP contribution >= 0.6 is 11.3 Å². The van der Waals surface area contributed by atoms with Crippen LogP contribution in [0.25, 0.3) is 10.6 Å². The maximum absolute atomic E-state index is 13.0. The zero-order valence-corrected chi connectivity index (χ0v) is 9.85. The molecular weight excluding hydrogens is 267 g/mol. The van der Waals surface area contributed by atoms with Crippen LogP contribution in [0.3, 0.4) is 0 Å². The average molecular weight is 273 g/mol. The molecule has 7 heteroatoms. The quantitative estimate of drug-likeness (QED) is 0.623. The Hall–Kier alpha value is -1.89. The lowest BCUT2D eigenvalue weighted by molar-refractivity contribution is 0.0595. The monoisotopic (exact) mass is 273 g/mol. The Morgan fingerprint density at radius 2 is 1.89 bits per heavy atom. The van der Waals surface area contributed by atoms with Gasteiger partial charge in [0.2, 0.25) is 0 Å². The van der Waals surface area contributed by atoms with Crippen LogP contribution in [0.1, 0.15) is 10.5 Å². The van der Waals surface area contributed by atoms with E-state index < -0.39 is 23.4 Å². The number of ether oxygens (including phenoxy) is 1. The Bertz CT molecular complexity index is 589. The second-order valence-corrected chi connectivity index (χ2v) is 4.14. The van der Waals surface area contributed by atoms with Crippen molar-refractivity contribution in [1.82, 2.24) is 4.98 Å². The van der Waals surface area contributed by atoms with Gasteiger partial charge < -0.3 is 4.74 Å². The van der Waals surface area contributed by atoms with Gasteiger partial charge in [-0.15, -0.1) is 11.3 Å². The summed E-state index contributed by atoms with van der Waals surface area (Å²) in [6.45, 7) is 0. The molecule has 2 aromatic rings. The van der Waals surface area contributed by atoms with E-state index in [1.165, 1.54) is 12.5 Å². The van der Waals surface area contributed by atoms with Crippen molar-refractivity contribution in [3.05, 3.63) is 40.7 Å². The summed E-state index contributed by atoms with van der Waals surface area (Å²) in [6, 6.07) is 1.64. The number of benzene rings is 1. The molecule has 0 amide bonds. The molecule has 0 spiro atoms. The molecule has 0 saturated carbocycles. The number of carbonyl (C=O) groups excluding carboxylic acids is 1. The van der Waals surface area contributed by atoms with Crippen molar-refractivity contribution in [3.63, 3.8) is 0 Å². The molecule has 0 aliphatic heterocycles. The summed E-state index contributed by atoms with van der Waals surface area (Å²) in [5, 5.41) is 1.59. The first-order valence-corrected chi connectivity index (χ1v) is 5.59. The fraction of sp³-hybridized carbons (Fsp3) is 0.0909. The van der Waals surface area contributed by atoms with Gasteiger partial charge in [-0.2, -0.15) is 0 Å². The highest BCUT2D eigenvalue weighted by molar-refractivity contribution is 7.13. The number of rotatable bonds is 2. The molecular formula is C11H6F3NO2S. The van der Waals surface area contributed by atoms with Crippen LogP contribution in [0.4, 0.5) is 13.2 Å². The number of halogens is 3. The van der Waals surface area contributed by atoms with E-state index in [1.807, 2.05) is 0 Å². The SMILES string of the molecule is COC(=O)c1csc(-c2cc(F)c(F)c(F)c2)n1. The summed E-state index contributed by atoms with van der Waals surface area (Å²) in [5.41, 5.74) is 0.0918. The first-order valence-electron chi connectivity index (χ1n) is 4.71. The Labute approximate surface area is 104 Å². The summed E-state index contributed by atoms with van der Waals surface area (Å²) >= 11 is 1.00.